The standard InChI is InChI=1S/C8H10N2O/c1-6(11)7-4-3-5-10-8(7)9-2/h3-5H,1-2H3,(H,9,10). The fraction of sp³-hybridized carbons (Fsp3) is 0.250. The van der Waals surface area contributed by atoms with Crippen LogP contribution < -0.4 is 5.32 Å². The minimum atomic E-state index is 0.0300. The molecule has 0 saturated carbocycles. The molecule has 1 rings (SSSR count). The van der Waals surface area contributed by atoms with Crippen LogP contribution in [-0.4, -0.2) is 17.8 Å². The number of carbonyl (C=O) groups excluding carboxylic acids is 1. The molecule has 0 aliphatic carbocycles. The van der Waals surface area contributed by atoms with Crippen molar-refractivity contribution in [1.29, 1.82) is 0 Å². The Bertz CT molecular complexity index is 271. The summed E-state index contributed by atoms with van der Waals surface area (Å²) in [6.07, 6.45) is 1.65. The number of ketones is 1. The largest absolute Gasteiger partial charge is 0.373 e. The van der Waals surface area contributed by atoms with Gasteiger partial charge < -0.3 is 5.32 Å². The summed E-state index contributed by atoms with van der Waals surface area (Å²) in [5.74, 6) is 0.669. The van der Waals surface area contributed by atoms with E-state index >= 15 is 0 Å². The van der Waals surface area contributed by atoms with E-state index in [1.807, 2.05) is 0 Å². The van der Waals surface area contributed by atoms with E-state index < -0.39 is 0 Å². The quantitative estimate of drug-likeness (QED) is 0.646. The molecular formula is C8H10N2O. The van der Waals surface area contributed by atoms with Gasteiger partial charge in [0.2, 0.25) is 0 Å². The van der Waals surface area contributed by atoms with Crippen LogP contribution in [0, 0.1) is 0 Å². The highest BCUT2D eigenvalue weighted by Gasteiger charge is 2.04. The van der Waals surface area contributed by atoms with Crippen molar-refractivity contribution in [2.24, 2.45) is 0 Å². The van der Waals surface area contributed by atoms with Gasteiger partial charge in [0, 0.05) is 13.2 Å². The zero-order valence-corrected chi connectivity index (χ0v) is 6.59. The second-order valence-corrected chi connectivity index (χ2v) is 2.21. The first kappa shape index (κ1) is 7.72. The van der Waals surface area contributed by atoms with Crippen molar-refractivity contribution in [2.75, 3.05) is 12.4 Å². The predicted octanol–water partition coefficient (Wildman–Crippen LogP) is 1.33. The average molecular weight is 150 g/mol. The van der Waals surface area contributed by atoms with Crippen LogP contribution >= 0.6 is 0 Å². The van der Waals surface area contributed by atoms with E-state index in [0.29, 0.717) is 11.4 Å². The van der Waals surface area contributed by atoms with Gasteiger partial charge in [0.1, 0.15) is 5.82 Å². The Morgan fingerprint density at radius 2 is 2.36 bits per heavy atom. The van der Waals surface area contributed by atoms with Crippen molar-refractivity contribution < 1.29 is 4.79 Å². The van der Waals surface area contributed by atoms with Gasteiger partial charge in [0.25, 0.3) is 0 Å². The Hall–Kier alpha value is -1.38. The summed E-state index contributed by atoms with van der Waals surface area (Å²) in [6, 6.07) is 3.50. The number of hydrogen-bond donors (Lipinski definition) is 1. The minimum absolute atomic E-state index is 0.0300. The van der Waals surface area contributed by atoms with E-state index in [9.17, 15) is 4.79 Å². The highest BCUT2D eigenvalue weighted by molar-refractivity contribution is 5.98. The Kier molecular flexibility index (Phi) is 2.21. The van der Waals surface area contributed by atoms with Gasteiger partial charge in [0.15, 0.2) is 5.78 Å². The van der Waals surface area contributed by atoms with Gasteiger partial charge in [-0.2, -0.15) is 0 Å². The monoisotopic (exact) mass is 150 g/mol. The number of pyridine rings is 1. The summed E-state index contributed by atoms with van der Waals surface area (Å²) in [6.45, 7) is 1.53. The van der Waals surface area contributed by atoms with Crippen molar-refractivity contribution in [2.45, 2.75) is 6.92 Å². The lowest BCUT2D eigenvalue weighted by Gasteiger charge is -2.02. The van der Waals surface area contributed by atoms with Crippen molar-refractivity contribution in [3.05, 3.63) is 23.9 Å². The third kappa shape index (κ3) is 1.55. The van der Waals surface area contributed by atoms with Crippen LogP contribution in [0.4, 0.5) is 5.82 Å². The van der Waals surface area contributed by atoms with E-state index in [2.05, 4.69) is 10.3 Å². The van der Waals surface area contributed by atoms with Crippen LogP contribution in [0.15, 0.2) is 18.3 Å². The van der Waals surface area contributed by atoms with Crippen molar-refractivity contribution in [3.63, 3.8) is 0 Å². The lowest BCUT2D eigenvalue weighted by atomic mass is 10.2. The lowest BCUT2D eigenvalue weighted by molar-refractivity contribution is 0.101. The van der Waals surface area contributed by atoms with Gasteiger partial charge in [-0.25, -0.2) is 4.98 Å². The lowest BCUT2D eigenvalue weighted by Crippen LogP contribution is -2.01. The van der Waals surface area contributed by atoms with Gasteiger partial charge >= 0.3 is 0 Å². The van der Waals surface area contributed by atoms with Gasteiger partial charge in [-0.15, -0.1) is 0 Å². The SMILES string of the molecule is CNc1ncccc1C(C)=O. The molecule has 0 amide bonds. The number of nitrogens with zero attached hydrogens (tertiary/aromatic N) is 1. The van der Waals surface area contributed by atoms with Crippen molar-refractivity contribution >= 4 is 11.6 Å². The van der Waals surface area contributed by atoms with Crippen molar-refractivity contribution in [3.8, 4) is 0 Å². The first-order chi connectivity index (χ1) is 5.25. The second kappa shape index (κ2) is 3.14. The van der Waals surface area contributed by atoms with E-state index in [1.165, 1.54) is 6.92 Å². The molecular weight excluding hydrogens is 140 g/mol. The molecule has 1 N–H and O–H groups in total. The molecule has 1 heterocycles. The average Bonchev–Trinajstić information content (AvgIpc) is 2.04. The summed E-state index contributed by atoms with van der Waals surface area (Å²) < 4.78 is 0. The molecule has 0 radical (unpaired) electrons. The molecule has 11 heavy (non-hydrogen) atoms. The smallest absolute Gasteiger partial charge is 0.163 e. The number of rotatable bonds is 2. The van der Waals surface area contributed by atoms with Gasteiger partial charge in [-0.1, -0.05) is 0 Å². The van der Waals surface area contributed by atoms with E-state index in [1.54, 1.807) is 25.4 Å². The first-order valence-corrected chi connectivity index (χ1v) is 3.39. The molecule has 0 aromatic carbocycles. The first-order valence-electron chi connectivity index (χ1n) is 3.39. The highest BCUT2D eigenvalue weighted by atomic mass is 16.1. The molecule has 0 fully saturated rings. The maximum Gasteiger partial charge on any atom is 0.163 e. The molecule has 1 aromatic rings. The summed E-state index contributed by atoms with van der Waals surface area (Å²) in [4.78, 5) is 14.9. The second-order valence-electron chi connectivity index (χ2n) is 2.21. The van der Waals surface area contributed by atoms with Crippen LogP contribution in [0.1, 0.15) is 17.3 Å². The number of aromatic nitrogens is 1. The third-order valence-electron chi connectivity index (χ3n) is 1.42. The Morgan fingerprint density at radius 1 is 1.64 bits per heavy atom. The topological polar surface area (TPSA) is 42.0 Å². The van der Waals surface area contributed by atoms with Gasteiger partial charge in [-0.3, -0.25) is 4.79 Å². The van der Waals surface area contributed by atoms with E-state index in [-0.39, 0.29) is 5.78 Å². The Labute approximate surface area is 65.5 Å². The maximum absolute atomic E-state index is 10.9. The number of hydrogen-bond acceptors (Lipinski definition) is 3. The van der Waals surface area contributed by atoms with Gasteiger partial charge in [-0.05, 0) is 19.1 Å². The molecule has 0 aliphatic rings. The highest BCUT2D eigenvalue weighted by Crippen LogP contribution is 2.10. The van der Waals surface area contributed by atoms with Crippen LogP contribution in [0.25, 0.3) is 0 Å². The third-order valence-corrected chi connectivity index (χ3v) is 1.42. The number of carbonyl (C=O) groups is 1. The summed E-state index contributed by atoms with van der Waals surface area (Å²) >= 11 is 0. The molecule has 0 aliphatic heterocycles. The fourth-order valence-electron chi connectivity index (χ4n) is 0.889. The zero-order chi connectivity index (χ0) is 8.27. The van der Waals surface area contributed by atoms with Crippen LogP contribution in [-0.2, 0) is 0 Å². The van der Waals surface area contributed by atoms with E-state index in [4.69, 9.17) is 0 Å². The molecule has 0 spiro atoms. The fourth-order valence-corrected chi connectivity index (χ4v) is 0.889. The normalized spacial score (nSPS) is 9.27. The van der Waals surface area contributed by atoms with E-state index in [0.717, 1.165) is 0 Å². The zero-order valence-electron chi connectivity index (χ0n) is 6.59. The summed E-state index contributed by atoms with van der Waals surface area (Å²) in [5.41, 5.74) is 0.634. The molecule has 0 atom stereocenters. The Morgan fingerprint density at radius 3 is 2.82 bits per heavy atom. The predicted molar refractivity (Wildman–Crippen MR) is 43.8 cm³/mol. The molecule has 58 valence electrons. The molecule has 3 heteroatoms. The van der Waals surface area contributed by atoms with Gasteiger partial charge in [0.05, 0.1) is 5.56 Å². The van der Waals surface area contributed by atoms with Crippen LogP contribution in [0.2, 0.25) is 0 Å². The number of nitrogens with one attached hydrogen (secondary N) is 1. The molecule has 3 nitrogen and oxygen atoms in total. The maximum atomic E-state index is 10.9. The minimum Gasteiger partial charge on any atom is -0.373 e. The molecule has 1 aromatic heterocycles. The van der Waals surface area contributed by atoms with Crippen LogP contribution in [0.5, 0.6) is 0 Å². The summed E-state index contributed by atoms with van der Waals surface area (Å²) in [7, 11) is 1.74. The summed E-state index contributed by atoms with van der Waals surface area (Å²) in [5, 5.41) is 2.84. The molecule has 0 saturated heterocycles. The Balaban J connectivity index is 3.12. The number of anilines is 1. The molecule has 0 bridgehead atoms. The molecule has 0 unspecified atom stereocenters. The number of Topliss-reactive ketones (excluding diaryl/α,β-unsaturated/α-hetero) is 1. The van der Waals surface area contributed by atoms with Crippen LogP contribution in [0.3, 0.4) is 0 Å². The van der Waals surface area contributed by atoms with Crippen molar-refractivity contribution in [1.82, 2.24) is 4.98 Å².